The maximum Gasteiger partial charge on any atom is 0.355 e. The van der Waals surface area contributed by atoms with Crippen LogP contribution in [0.4, 0.5) is 0 Å². The van der Waals surface area contributed by atoms with Crippen LogP contribution in [0.1, 0.15) is 13.8 Å². The fourth-order valence-corrected chi connectivity index (χ4v) is 6.11. The molecule has 148 valence electrons. The summed E-state index contributed by atoms with van der Waals surface area (Å²) in [6, 6.07) is 16.6. The van der Waals surface area contributed by atoms with E-state index in [1.807, 2.05) is 0 Å². The van der Waals surface area contributed by atoms with Gasteiger partial charge in [-0.3, -0.25) is 4.57 Å². The Labute approximate surface area is 159 Å². The lowest BCUT2D eigenvalue weighted by Gasteiger charge is -2.25. The Bertz CT molecular complexity index is 831. The van der Waals surface area contributed by atoms with Crippen molar-refractivity contribution in [3.8, 4) is 11.5 Å². The number of hydrogen-bond acceptors (Lipinski definition) is 7. The van der Waals surface area contributed by atoms with Gasteiger partial charge < -0.3 is 18.0 Å². The lowest BCUT2D eigenvalue weighted by atomic mass is 10.3. The highest BCUT2D eigenvalue weighted by atomic mass is 32.2. The fraction of sp³-hybridized carbons (Fsp3) is 0.333. The van der Waals surface area contributed by atoms with Gasteiger partial charge in [-0.25, -0.2) is 0 Å². The van der Waals surface area contributed by atoms with E-state index in [2.05, 4.69) is 0 Å². The van der Waals surface area contributed by atoms with Crippen molar-refractivity contribution >= 4 is 17.7 Å². The summed E-state index contributed by atoms with van der Waals surface area (Å²) in [4.78, 5) is -1.65. The van der Waals surface area contributed by atoms with Crippen LogP contribution in [0.5, 0.6) is 11.5 Å². The van der Waals surface area contributed by atoms with Gasteiger partial charge in [-0.15, -0.1) is 0 Å². The van der Waals surface area contributed by atoms with Gasteiger partial charge in [0.25, 0.3) is 0 Å². The average molecular weight is 414 g/mol. The van der Waals surface area contributed by atoms with Crippen LogP contribution < -0.4 is 8.92 Å². The van der Waals surface area contributed by atoms with Crippen molar-refractivity contribution in [2.75, 3.05) is 19.8 Å². The molecule has 0 heterocycles. The Hall–Kier alpha value is -1.86. The molecule has 0 aromatic heterocycles. The molecular weight excluding hydrogens is 391 g/mol. The highest BCUT2D eigenvalue weighted by molar-refractivity contribution is 7.95. The Morgan fingerprint density at radius 1 is 0.852 bits per heavy atom. The first-order chi connectivity index (χ1) is 12.9. The van der Waals surface area contributed by atoms with Gasteiger partial charge in [0.2, 0.25) is 4.99 Å². The summed E-state index contributed by atoms with van der Waals surface area (Å²) in [7, 11) is -8.45. The Morgan fingerprint density at radius 2 is 1.33 bits per heavy atom. The summed E-state index contributed by atoms with van der Waals surface area (Å²) in [6.07, 6.45) is 0. The van der Waals surface area contributed by atoms with Crippen LogP contribution in [0, 0.1) is 0 Å². The molecular formula is C18H23O7PS. The van der Waals surface area contributed by atoms with E-state index < -0.39 is 29.3 Å². The van der Waals surface area contributed by atoms with Crippen molar-refractivity contribution in [3.63, 3.8) is 0 Å². The van der Waals surface area contributed by atoms with Crippen molar-refractivity contribution in [1.29, 1.82) is 0 Å². The molecule has 7 nitrogen and oxygen atoms in total. The molecule has 2 aromatic rings. The van der Waals surface area contributed by atoms with E-state index in [9.17, 15) is 13.0 Å². The summed E-state index contributed by atoms with van der Waals surface area (Å²) in [6.45, 7) is 2.79. The first-order valence-electron chi connectivity index (χ1n) is 8.46. The second-order valence-electron chi connectivity index (χ2n) is 5.34. The van der Waals surface area contributed by atoms with E-state index in [1.165, 1.54) is 12.1 Å². The monoisotopic (exact) mass is 414 g/mol. The zero-order valence-corrected chi connectivity index (χ0v) is 16.9. The first kappa shape index (κ1) is 21.4. The Kier molecular flexibility index (Phi) is 7.86. The van der Waals surface area contributed by atoms with Crippen LogP contribution in [0.2, 0.25) is 0 Å². The van der Waals surface area contributed by atoms with Gasteiger partial charge in [-0.2, -0.15) is 8.42 Å². The Balaban J connectivity index is 2.33. The van der Waals surface area contributed by atoms with Crippen LogP contribution in [0.15, 0.2) is 60.7 Å². The van der Waals surface area contributed by atoms with Crippen molar-refractivity contribution < 1.29 is 31.0 Å². The number of ether oxygens (including phenoxy) is 1. The highest BCUT2D eigenvalue weighted by Crippen LogP contribution is 2.55. The quantitative estimate of drug-likeness (QED) is 0.405. The van der Waals surface area contributed by atoms with Gasteiger partial charge in [-0.05, 0) is 38.1 Å². The molecule has 0 saturated heterocycles. The molecule has 1 unspecified atom stereocenters. The topological polar surface area (TPSA) is 88.1 Å². The fourth-order valence-electron chi connectivity index (χ4n) is 2.25. The molecule has 2 rings (SSSR count). The molecule has 0 fully saturated rings. The van der Waals surface area contributed by atoms with Gasteiger partial charge in [-0.1, -0.05) is 36.4 Å². The van der Waals surface area contributed by atoms with E-state index in [4.69, 9.17) is 18.0 Å². The van der Waals surface area contributed by atoms with Gasteiger partial charge >= 0.3 is 17.7 Å². The third-order valence-corrected chi connectivity index (χ3v) is 8.26. The van der Waals surface area contributed by atoms with Crippen LogP contribution >= 0.6 is 7.60 Å². The van der Waals surface area contributed by atoms with Crippen molar-refractivity contribution in [2.45, 2.75) is 18.8 Å². The molecule has 0 bridgehead atoms. The predicted octanol–water partition coefficient (Wildman–Crippen LogP) is 4.07. The molecule has 0 N–H and O–H groups in total. The molecule has 2 aromatic carbocycles. The molecule has 0 aliphatic rings. The third kappa shape index (κ3) is 6.07. The van der Waals surface area contributed by atoms with E-state index in [-0.39, 0.29) is 19.0 Å². The second-order valence-corrected chi connectivity index (χ2v) is 9.63. The number of hydrogen-bond donors (Lipinski definition) is 0. The molecule has 0 spiro atoms. The van der Waals surface area contributed by atoms with Crippen LogP contribution in [0.3, 0.4) is 0 Å². The van der Waals surface area contributed by atoms with Crippen LogP contribution in [-0.4, -0.2) is 33.2 Å². The zero-order valence-electron chi connectivity index (χ0n) is 15.2. The van der Waals surface area contributed by atoms with E-state index in [1.54, 1.807) is 62.4 Å². The maximum atomic E-state index is 13.2. The highest BCUT2D eigenvalue weighted by Gasteiger charge is 2.47. The normalized spacial score (nSPS) is 13.1. The molecule has 27 heavy (non-hydrogen) atoms. The minimum atomic E-state index is -4.39. The number of rotatable bonds is 11. The summed E-state index contributed by atoms with van der Waals surface area (Å²) in [5.74, 6) is 0.527. The second kappa shape index (κ2) is 9.90. The number of para-hydroxylation sites is 2. The molecule has 0 radical (unpaired) electrons. The third-order valence-electron chi connectivity index (χ3n) is 3.40. The molecule has 9 heteroatoms. The lowest BCUT2D eigenvalue weighted by Crippen LogP contribution is -2.33. The van der Waals surface area contributed by atoms with Gasteiger partial charge in [0.15, 0.2) is 0 Å². The smallest absolute Gasteiger partial charge is 0.355 e. The van der Waals surface area contributed by atoms with Crippen LogP contribution in [-0.2, 0) is 23.7 Å². The van der Waals surface area contributed by atoms with Crippen molar-refractivity contribution in [2.24, 2.45) is 0 Å². The van der Waals surface area contributed by atoms with Gasteiger partial charge in [0.1, 0.15) is 18.1 Å². The average Bonchev–Trinajstić information content (AvgIpc) is 2.63. The molecule has 0 aliphatic heterocycles. The summed E-state index contributed by atoms with van der Waals surface area (Å²) < 4.78 is 60.1. The minimum Gasteiger partial charge on any atom is -0.491 e. The predicted molar refractivity (Wildman–Crippen MR) is 103 cm³/mol. The van der Waals surface area contributed by atoms with Crippen molar-refractivity contribution in [3.05, 3.63) is 60.7 Å². The first-order valence-corrected chi connectivity index (χ1v) is 11.5. The maximum absolute atomic E-state index is 13.2. The summed E-state index contributed by atoms with van der Waals surface area (Å²) in [5, 5.41) is 0. The minimum absolute atomic E-state index is 0.0139. The van der Waals surface area contributed by atoms with Gasteiger partial charge in [0, 0.05) is 0 Å². The zero-order chi connectivity index (χ0) is 19.8. The lowest BCUT2D eigenvalue weighted by molar-refractivity contribution is 0.207. The summed E-state index contributed by atoms with van der Waals surface area (Å²) in [5.41, 5.74) is 0. The van der Waals surface area contributed by atoms with Crippen LogP contribution in [0.25, 0.3) is 0 Å². The largest absolute Gasteiger partial charge is 0.491 e. The van der Waals surface area contributed by atoms with E-state index in [0.29, 0.717) is 5.75 Å². The molecule has 0 aliphatic carbocycles. The molecule has 0 saturated carbocycles. The molecule has 1 atom stereocenters. The standard InChI is InChI=1S/C18H23O7PS/c1-3-23-26(19,24-4-2)18(15-22-16-11-7-5-8-12-16)27(20,21)25-17-13-9-6-10-14-17/h5-14,18H,3-4,15H2,1-2H3. The molecule has 0 amide bonds. The number of benzene rings is 2. The Morgan fingerprint density at radius 3 is 1.81 bits per heavy atom. The summed E-state index contributed by atoms with van der Waals surface area (Å²) >= 11 is 0. The van der Waals surface area contributed by atoms with Crippen molar-refractivity contribution in [1.82, 2.24) is 0 Å². The van der Waals surface area contributed by atoms with Gasteiger partial charge in [0.05, 0.1) is 13.2 Å². The SMILES string of the molecule is CCOP(=O)(OCC)C(COc1ccccc1)S(=O)(=O)Oc1ccccc1. The van der Waals surface area contributed by atoms with E-state index in [0.717, 1.165) is 0 Å². The van der Waals surface area contributed by atoms with E-state index >= 15 is 0 Å².